The molecule has 0 radical (unpaired) electrons. The summed E-state index contributed by atoms with van der Waals surface area (Å²) in [6, 6.07) is 30.0. The van der Waals surface area contributed by atoms with Gasteiger partial charge in [0.25, 0.3) is 0 Å². The first-order chi connectivity index (χ1) is 32.8. The first-order valence-electron chi connectivity index (χ1n) is 22.5. The van der Waals surface area contributed by atoms with Crippen LogP contribution in [0.25, 0.3) is 37.8 Å². The smallest absolute Gasteiger partial charge is 0.454 e. The summed E-state index contributed by atoms with van der Waals surface area (Å²) < 4.78 is 21.8. The molecule has 7 aromatic rings. The van der Waals surface area contributed by atoms with Crippen LogP contribution in [0.1, 0.15) is 101 Å². The van der Waals surface area contributed by atoms with Crippen LogP contribution in [-0.2, 0) is 37.7 Å². The van der Waals surface area contributed by atoms with Crippen LogP contribution in [0.4, 0.5) is 11.4 Å². The maximum atomic E-state index is 13.3. The Balaban J connectivity index is 0.000000213. The third-order valence-corrected chi connectivity index (χ3v) is 13.7. The number of hydrogen-bond donors (Lipinski definition) is 6. The molecule has 0 spiro atoms. The Bertz CT molecular complexity index is 3110. The Labute approximate surface area is 438 Å². The van der Waals surface area contributed by atoms with Crippen LogP contribution in [0.15, 0.2) is 84.9 Å². The van der Waals surface area contributed by atoms with E-state index in [0.717, 1.165) is 112 Å². The van der Waals surface area contributed by atoms with Gasteiger partial charge in [-0.05, 0) is 122 Å². The van der Waals surface area contributed by atoms with Crippen LogP contribution in [0.5, 0.6) is 23.0 Å². The van der Waals surface area contributed by atoms with Crippen molar-refractivity contribution in [3.8, 4) is 29.1 Å². The van der Waals surface area contributed by atoms with Gasteiger partial charge in [-0.25, -0.2) is 0 Å². The quantitative estimate of drug-likeness (QED) is 0.0283. The van der Waals surface area contributed by atoms with E-state index in [-0.39, 0.29) is 84.3 Å². The Morgan fingerprint density at radius 3 is 1.58 bits per heavy atom. The van der Waals surface area contributed by atoms with E-state index in [2.05, 4.69) is 87.1 Å². The largest absolute Gasteiger partial charge is 1.00 e. The van der Waals surface area contributed by atoms with Gasteiger partial charge in [0.05, 0.1) is 16.9 Å². The molecule has 5 heterocycles. The van der Waals surface area contributed by atoms with E-state index < -0.39 is 10.8 Å². The summed E-state index contributed by atoms with van der Waals surface area (Å²) in [4.78, 5) is 35.0. The zero-order valence-corrected chi connectivity index (χ0v) is 43.2. The number of rotatable bonds is 13. The van der Waals surface area contributed by atoms with Crippen molar-refractivity contribution < 1.29 is 58.1 Å². The number of H-pyrrole nitrogens is 3. The zero-order valence-electron chi connectivity index (χ0n) is 40.3. The molecule has 0 atom stereocenters. The molecule has 364 valence electrons. The minimum Gasteiger partial charge on any atom is -0.454 e. The molecule has 11 rings (SSSR count). The number of hydrogen-bond acceptors (Lipinski definition) is 11. The molecule has 4 aromatic carbocycles. The molecular weight excluding hydrogens is 937 g/mol. The number of aryl methyl sites for hydroxylation is 1. The van der Waals surface area contributed by atoms with Crippen molar-refractivity contribution in [2.24, 2.45) is 0 Å². The maximum absolute atomic E-state index is 13.3. The van der Waals surface area contributed by atoms with Gasteiger partial charge in [-0.15, -0.1) is 22.6 Å². The Morgan fingerprint density at radius 2 is 1.15 bits per heavy atom. The number of nitriles is 1. The van der Waals surface area contributed by atoms with E-state index in [4.69, 9.17) is 35.3 Å². The molecule has 21 heteroatoms. The van der Waals surface area contributed by atoms with E-state index >= 15 is 0 Å². The van der Waals surface area contributed by atoms with E-state index in [1.165, 1.54) is 4.91 Å². The molecule has 2 amide bonds. The number of aromatic amines is 3. The van der Waals surface area contributed by atoms with Crippen molar-refractivity contribution in [3.05, 3.63) is 129 Å². The van der Waals surface area contributed by atoms with Gasteiger partial charge in [0.15, 0.2) is 28.8 Å². The first-order valence-corrected chi connectivity index (χ1v) is 22.5. The van der Waals surface area contributed by atoms with Crippen LogP contribution in [0, 0.1) is 11.3 Å². The summed E-state index contributed by atoms with van der Waals surface area (Å²) in [5, 5.41) is 31.5. The number of nitrogens with one attached hydrogen (secondary N) is 5. The van der Waals surface area contributed by atoms with E-state index in [0.29, 0.717) is 23.7 Å². The van der Waals surface area contributed by atoms with Gasteiger partial charge in [-0.3, -0.25) is 14.5 Å². The summed E-state index contributed by atoms with van der Waals surface area (Å²) in [6.45, 7) is 9.12. The number of amides is 2. The summed E-state index contributed by atoms with van der Waals surface area (Å²) >= 11 is 0. The molecular formula is C50H55ClN13NaO6. The molecule has 2 saturated carbocycles. The number of benzene rings is 4. The van der Waals surface area contributed by atoms with Crippen molar-refractivity contribution in [1.29, 1.82) is 5.26 Å². The van der Waals surface area contributed by atoms with Crippen LogP contribution < -0.4 is 65.3 Å². The van der Waals surface area contributed by atoms with E-state index in [9.17, 15) is 9.59 Å². The molecule has 8 N–H and O–H groups in total. The van der Waals surface area contributed by atoms with Crippen molar-refractivity contribution >= 4 is 57.4 Å². The summed E-state index contributed by atoms with van der Waals surface area (Å²) in [6.07, 6.45) is 6.21. The standard InChI is InChI=1S/C25H26N6O3.C25H25N3O3.ClH.N3.H3N.Na/c1-24(2,8-7-22-28-30-31-29-22)21-12-15-11-17(4-5-18(15)27-21)26-23(32)25(9-10-25)16-3-6-19-20(13-16)34-14-33-19;1-24(2,8-3-11-26)22-13-16-12-18(5-6-19(16)28-22)27-23(29)25(9-10-25)17-4-7-20-21(14-17)31-15-30-20;;1-3-2;;/h3-6,11-13,27H,7-10,14H2,1-2H3,(H,26,32)(H,28,29,30,31);4-7,12-14,28H,3,8-10,15H2,1-2H3,(H,27,29);1H;;1H3;/q;;;-1;;+1. The number of nitrogens with zero attached hydrogens (tertiary/aromatic N) is 7. The molecule has 0 saturated heterocycles. The van der Waals surface area contributed by atoms with Gasteiger partial charge in [-0.2, -0.15) is 10.5 Å². The normalized spacial score (nSPS) is 14.9. The monoisotopic (exact) mass is 991 g/mol. The van der Waals surface area contributed by atoms with Crippen LogP contribution >= 0.6 is 12.4 Å². The molecule has 2 aliphatic heterocycles. The van der Waals surface area contributed by atoms with Gasteiger partial charge >= 0.3 is 29.6 Å². The predicted octanol–water partition coefficient (Wildman–Crippen LogP) is 7.59. The first kappa shape index (κ1) is 53.6. The third kappa shape index (κ3) is 11.2. The number of carbonyl (C=O) groups excluding carboxylic acids is 2. The zero-order chi connectivity index (χ0) is 47.7. The van der Waals surface area contributed by atoms with Crippen LogP contribution in [0.2, 0.25) is 0 Å². The molecule has 4 aliphatic rings. The number of halogens is 1. The molecule has 3 aromatic heterocycles. The molecule has 71 heavy (non-hydrogen) atoms. The molecule has 0 unspecified atom stereocenters. The summed E-state index contributed by atoms with van der Waals surface area (Å²) in [5.74, 6) is 3.61. The van der Waals surface area contributed by atoms with Gasteiger partial charge < -0.3 is 56.8 Å². The van der Waals surface area contributed by atoms with Gasteiger partial charge in [0, 0.05) is 68.2 Å². The van der Waals surface area contributed by atoms with Gasteiger partial charge in [0.2, 0.25) is 25.4 Å². The fourth-order valence-electron chi connectivity index (χ4n) is 8.93. The van der Waals surface area contributed by atoms with Crippen molar-refractivity contribution in [2.75, 3.05) is 24.2 Å². The van der Waals surface area contributed by atoms with Crippen molar-refractivity contribution in [1.82, 2.24) is 36.7 Å². The second kappa shape index (κ2) is 21.7. The average Bonchev–Trinajstić information content (AvgIpc) is 3.80. The molecule has 2 aliphatic carbocycles. The second-order valence-electron chi connectivity index (χ2n) is 19.0. The SMILES string of the molecule is CC(C)(CCC#N)c1cc2cc(NC(=O)C3(c4ccc5c(c4)OCO5)CC3)ccc2[nH]1.CC(C)(CCc1nn[nH]n1)c1cc2cc(NC(=O)C3(c4ccc5c(c4)OCO5)CC3)ccc2[nH]1.Cl.N.[N-]=[N+]=[N-].[Na+]. The summed E-state index contributed by atoms with van der Waals surface area (Å²) in [7, 11) is 0. The maximum Gasteiger partial charge on any atom is 1.00 e. The molecule has 19 nitrogen and oxygen atoms in total. The van der Waals surface area contributed by atoms with Gasteiger partial charge in [-0.1, -0.05) is 45.0 Å². The Kier molecular flexibility index (Phi) is 16.4. The Hall–Kier alpha value is -6.78. The average molecular weight is 993 g/mol. The fraction of sp³-hybridized carbons (Fsp3) is 0.360. The molecule has 0 bridgehead atoms. The number of carbonyl (C=O) groups is 2. The van der Waals surface area contributed by atoms with Crippen molar-refractivity contribution in [3.63, 3.8) is 0 Å². The number of ether oxygens (including phenoxy) is 4. The second-order valence-corrected chi connectivity index (χ2v) is 19.0. The topological polar surface area (TPSA) is 299 Å². The third-order valence-electron chi connectivity index (χ3n) is 13.7. The van der Waals surface area contributed by atoms with Gasteiger partial charge in [0.1, 0.15) is 0 Å². The predicted molar refractivity (Wildman–Crippen MR) is 267 cm³/mol. The Morgan fingerprint density at radius 1 is 0.704 bits per heavy atom. The van der Waals surface area contributed by atoms with Crippen LogP contribution in [0.3, 0.4) is 0 Å². The number of tetrazole rings is 1. The number of anilines is 2. The number of aromatic nitrogens is 6. The van der Waals surface area contributed by atoms with Crippen molar-refractivity contribution in [2.45, 2.75) is 101 Å². The fourth-order valence-corrected chi connectivity index (χ4v) is 8.93. The van der Waals surface area contributed by atoms with Crippen LogP contribution in [-0.4, -0.2) is 56.0 Å². The molecule has 2 fully saturated rings. The van der Waals surface area contributed by atoms with E-state index in [1.807, 2.05) is 72.8 Å². The minimum absolute atomic E-state index is 0. The minimum atomic E-state index is -0.504. The summed E-state index contributed by atoms with van der Waals surface area (Å²) in [5.41, 5.74) is 20.1. The number of fused-ring (bicyclic) bond motifs is 4. The van der Waals surface area contributed by atoms with E-state index in [1.54, 1.807) is 0 Å².